The molecule has 2 rings (SSSR count). The van der Waals surface area contributed by atoms with Crippen LogP contribution < -0.4 is 5.32 Å². The van der Waals surface area contributed by atoms with Crippen LogP contribution in [0.4, 0.5) is 0 Å². The molecule has 0 bridgehead atoms. The zero-order chi connectivity index (χ0) is 12.4. The molecule has 1 aliphatic rings. The van der Waals surface area contributed by atoms with Gasteiger partial charge in [0.2, 0.25) is 11.7 Å². The van der Waals surface area contributed by atoms with Gasteiger partial charge in [-0.25, -0.2) is 4.79 Å². The highest BCUT2D eigenvalue weighted by molar-refractivity contribution is 5.86. The van der Waals surface area contributed by atoms with Gasteiger partial charge in [0.25, 0.3) is 0 Å². The van der Waals surface area contributed by atoms with Gasteiger partial charge in [-0.1, -0.05) is 0 Å². The fourth-order valence-corrected chi connectivity index (χ4v) is 1.91. The van der Waals surface area contributed by atoms with E-state index in [-0.39, 0.29) is 17.7 Å². The average Bonchev–Trinajstić information content (AvgIpc) is 2.86. The van der Waals surface area contributed by atoms with Crippen molar-refractivity contribution in [2.45, 2.75) is 19.0 Å². The number of furan rings is 1. The molecular formula is C11H14N2O4. The lowest BCUT2D eigenvalue weighted by Crippen LogP contribution is -2.36. The summed E-state index contributed by atoms with van der Waals surface area (Å²) in [4.78, 5) is 24.1. The van der Waals surface area contributed by atoms with Crippen LogP contribution in [0, 0.1) is 0 Å². The second-order valence-corrected chi connectivity index (χ2v) is 4.06. The molecule has 0 aliphatic carbocycles. The predicted molar refractivity (Wildman–Crippen MR) is 58.5 cm³/mol. The van der Waals surface area contributed by atoms with Crippen LogP contribution in [0.25, 0.3) is 0 Å². The molecule has 1 aliphatic heterocycles. The summed E-state index contributed by atoms with van der Waals surface area (Å²) in [5, 5.41) is 11.9. The summed E-state index contributed by atoms with van der Waals surface area (Å²) in [6.07, 6.45) is 2.08. The Morgan fingerprint density at radius 1 is 1.71 bits per heavy atom. The van der Waals surface area contributed by atoms with E-state index in [1.54, 1.807) is 18.0 Å². The highest BCUT2D eigenvalue weighted by atomic mass is 16.4. The molecule has 0 aromatic carbocycles. The van der Waals surface area contributed by atoms with Crippen LogP contribution in [-0.4, -0.2) is 41.5 Å². The van der Waals surface area contributed by atoms with E-state index in [4.69, 9.17) is 9.52 Å². The van der Waals surface area contributed by atoms with Gasteiger partial charge >= 0.3 is 5.97 Å². The number of carbonyl (C=O) groups excluding carboxylic acids is 1. The Balaban J connectivity index is 1.96. The van der Waals surface area contributed by atoms with E-state index in [0.717, 1.165) is 13.0 Å². The van der Waals surface area contributed by atoms with Crippen LogP contribution in [0.15, 0.2) is 16.7 Å². The highest BCUT2D eigenvalue weighted by Crippen LogP contribution is 2.13. The molecule has 0 spiro atoms. The molecule has 2 N–H and O–H groups in total. The highest BCUT2D eigenvalue weighted by Gasteiger charge is 2.28. The van der Waals surface area contributed by atoms with Gasteiger partial charge in [0.1, 0.15) is 0 Å². The summed E-state index contributed by atoms with van der Waals surface area (Å²) >= 11 is 0. The third kappa shape index (κ3) is 2.31. The van der Waals surface area contributed by atoms with E-state index < -0.39 is 5.97 Å². The molecule has 1 aromatic heterocycles. The summed E-state index contributed by atoms with van der Waals surface area (Å²) in [6.45, 7) is 1.05. The fraction of sp³-hybridized carbons (Fsp3) is 0.455. The molecule has 6 nitrogen and oxygen atoms in total. The molecular weight excluding hydrogens is 224 g/mol. The Kier molecular flexibility index (Phi) is 3.14. The van der Waals surface area contributed by atoms with Gasteiger partial charge in [-0.3, -0.25) is 4.79 Å². The molecule has 2 heterocycles. The number of hydrogen-bond acceptors (Lipinski definition) is 4. The maximum atomic E-state index is 11.6. The van der Waals surface area contributed by atoms with E-state index in [2.05, 4.69) is 5.32 Å². The average molecular weight is 238 g/mol. The Hall–Kier alpha value is -1.82. The van der Waals surface area contributed by atoms with Crippen LogP contribution in [0.5, 0.6) is 0 Å². The number of likely N-dealkylation sites (N-methyl/N-ethyl adjacent to an activating group) is 1. The Morgan fingerprint density at radius 2 is 2.47 bits per heavy atom. The second kappa shape index (κ2) is 4.58. The molecule has 1 unspecified atom stereocenters. The topological polar surface area (TPSA) is 82.8 Å². The first-order chi connectivity index (χ1) is 8.09. The normalized spacial score (nSPS) is 19.9. The van der Waals surface area contributed by atoms with Gasteiger partial charge in [0.05, 0.1) is 12.3 Å². The minimum atomic E-state index is -1.10. The third-order valence-corrected chi connectivity index (χ3v) is 2.91. The Bertz CT molecular complexity index is 440. The van der Waals surface area contributed by atoms with Crippen molar-refractivity contribution in [3.8, 4) is 0 Å². The minimum absolute atomic E-state index is 0.0466. The van der Waals surface area contributed by atoms with Gasteiger partial charge in [-0.2, -0.15) is 0 Å². The van der Waals surface area contributed by atoms with Crippen molar-refractivity contribution in [2.24, 2.45) is 0 Å². The molecule has 92 valence electrons. The van der Waals surface area contributed by atoms with E-state index in [0.29, 0.717) is 12.1 Å². The molecule has 1 saturated heterocycles. The summed E-state index contributed by atoms with van der Waals surface area (Å²) < 4.78 is 4.85. The van der Waals surface area contributed by atoms with Gasteiger partial charge in [-0.15, -0.1) is 0 Å². The first kappa shape index (κ1) is 11.7. The van der Waals surface area contributed by atoms with E-state index in [1.807, 2.05) is 0 Å². The van der Waals surface area contributed by atoms with Crippen molar-refractivity contribution in [2.75, 3.05) is 13.6 Å². The van der Waals surface area contributed by atoms with Crippen molar-refractivity contribution in [3.05, 3.63) is 23.7 Å². The number of nitrogens with zero attached hydrogens (tertiary/aromatic N) is 1. The maximum Gasteiger partial charge on any atom is 0.372 e. The number of carbonyl (C=O) groups is 2. The number of rotatable bonds is 4. The number of aromatic carboxylic acids is 1. The molecule has 0 saturated carbocycles. The standard InChI is InChI=1S/C11H14N2O4/c1-13-4-2-8(10(13)14)12-6-7-3-5-17-9(7)11(15)16/h3,5,8,12H,2,4,6H2,1H3,(H,15,16). The fourth-order valence-electron chi connectivity index (χ4n) is 1.91. The lowest BCUT2D eigenvalue weighted by Gasteiger charge is -2.11. The van der Waals surface area contributed by atoms with Crippen LogP contribution in [0.2, 0.25) is 0 Å². The number of nitrogens with one attached hydrogen (secondary N) is 1. The first-order valence-corrected chi connectivity index (χ1v) is 5.37. The third-order valence-electron chi connectivity index (χ3n) is 2.91. The van der Waals surface area contributed by atoms with Crippen LogP contribution in [0.1, 0.15) is 22.5 Å². The number of hydrogen-bond donors (Lipinski definition) is 2. The smallest absolute Gasteiger partial charge is 0.372 e. The number of carboxylic acid groups (broad SMARTS) is 1. The number of carboxylic acids is 1. The minimum Gasteiger partial charge on any atom is -0.475 e. The van der Waals surface area contributed by atoms with Crippen molar-refractivity contribution in [1.82, 2.24) is 10.2 Å². The predicted octanol–water partition coefficient (Wildman–Crippen LogP) is 0.298. The van der Waals surface area contributed by atoms with Crippen LogP contribution in [-0.2, 0) is 11.3 Å². The van der Waals surface area contributed by atoms with Crippen LogP contribution >= 0.6 is 0 Å². The van der Waals surface area contributed by atoms with Gasteiger partial charge in [0.15, 0.2) is 0 Å². The Labute approximate surface area is 98.2 Å². The lowest BCUT2D eigenvalue weighted by atomic mass is 10.2. The molecule has 1 atom stereocenters. The molecule has 1 amide bonds. The van der Waals surface area contributed by atoms with E-state index in [1.165, 1.54) is 6.26 Å². The van der Waals surface area contributed by atoms with E-state index in [9.17, 15) is 9.59 Å². The summed E-state index contributed by atoms with van der Waals surface area (Å²) in [5.41, 5.74) is 0.555. The summed E-state index contributed by atoms with van der Waals surface area (Å²) in [7, 11) is 1.75. The van der Waals surface area contributed by atoms with Crippen LogP contribution in [0.3, 0.4) is 0 Å². The van der Waals surface area contributed by atoms with Gasteiger partial charge in [-0.05, 0) is 12.5 Å². The lowest BCUT2D eigenvalue weighted by molar-refractivity contribution is -0.128. The van der Waals surface area contributed by atoms with Gasteiger partial charge in [0, 0.05) is 25.7 Å². The first-order valence-electron chi connectivity index (χ1n) is 5.37. The molecule has 1 fully saturated rings. The number of amides is 1. The quantitative estimate of drug-likeness (QED) is 0.788. The largest absolute Gasteiger partial charge is 0.475 e. The monoisotopic (exact) mass is 238 g/mol. The van der Waals surface area contributed by atoms with E-state index >= 15 is 0 Å². The van der Waals surface area contributed by atoms with Crippen molar-refractivity contribution in [3.63, 3.8) is 0 Å². The second-order valence-electron chi connectivity index (χ2n) is 4.06. The van der Waals surface area contributed by atoms with Crippen molar-refractivity contribution < 1.29 is 19.1 Å². The van der Waals surface area contributed by atoms with Crippen molar-refractivity contribution in [1.29, 1.82) is 0 Å². The zero-order valence-electron chi connectivity index (χ0n) is 9.47. The summed E-state index contributed by atoms with van der Waals surface area (Å²) in [6, 6.07) is 1.37. The molecule has 17 heavy (non-hydrogen) atoms. The SMILES string of the molecule is CN1CCC(NCc2ccoc2C(=O)O)C1=O. The summed E-state index contributed by atoms with van der Waals surface area (Å²) in [5.74, 6) is -1.12. The van der Waals surface area contributed by atoms with Crippen molar-refractivity contribution >= 4 is 11.9 Å². The molecule has 0 radical (unpaired) electrons. The molecule has 1 aromatic rings. The number of likely N-dealkylation sites (tertiary alicyclic amines) is 1. The Morgan fingerprint density at radius 3 is 3.06 bits per heavy atom. The van der Waals surface area contributed by atoms with Gasteiger partial charge < -0.3 is 19.7 Å². The molecule has 6 heteroatoms. The maximum absolute atomic E-state index is 11.6. The zero-order valence-corrected chi connectivity index (χ0v) is 9.47.